The van der Waals surface area contributed by atoms with Crippen LogP contribution in [0.15, 0.2) is 25.4 Å². The molecule has 0 fully saturated rings. The van der Waals surface area contributed by atoms with Crippen molar-refractivity contribution < 1.29 is 0 Å². The Kier molecular flexibility index (Phi) is 12.7. The Balaban J connectivity index is 0. The third-order valence-electron chi connectivity index (χ3n) is 0.407. The summed E-state index contributed by atoms with van der Waals surface area (Å²) in [5.74, 6) is 0. The fraction of sp³-hybridized carbons (Fsp3) is 0.200. The van der Waals surface area contributed by atoms with Crippen LogP contribution >= 0.6 is 12.4 Å². The second-order valence-electron chi connectivity index (χ2n) is 0.901. The Morgan fingerprint density at radius 1 is 1.43 bits per heavy atom. The van der Waals surface area contributed by atoms with Gasteiger partial charge < -0.3 is 5.32 Å². The highest BCUT2D eigenvalue weighted by Gasteiger charge is 1.59. The van der Waals surface area contributed by atoms with Crippen LogP contribution in [0.5, 0.6) is 0 Å². The van der Waals surface area contributed by atoms with Crippen LogP contribution in [-0.2, 0) is 0 Å². The Labute approximate surface area is 50.5 Å². The second-order valence-corrected chi connectivity index (χ2v) is 0.901. The fourth-order valence-corrected chi connectivity index (χ4v) is 0.167. The molecule has 0 bridgehead atoms. The number of hydrogen-bond donors (Lipinski definition) is 1. The maximum atomic E-state index is 3.49. The molecule has 0 aliphatic carbocycles. The quantitative estimate of drug-likeness (QED) is 0.437. The minimum atomic E-state index is 0. The Morgan fingerprint density at radius 2 is 2.00 bits per heavy atom. The second kappa shape index (κ2) is 9.13. The molecule has 0 aliphatic rings. The highest BCUT2D eigenvalue weighted by Crippen LogP contribution is 1.55. The van der Waals surface area contributed by atoms with E-state index in [-0.39, 0.29) is 12.4 Å². The summed E-state index contributed by atoms with van der Waals surface area (Å²) in [5, 5.41) is 2.84. The summed E-state index contributed by atoms with van der Waals surface area (Å²) < 4.78 is 0. The lowest BCUT2D eigenvalue weighted by Gasteiger charge is -1.85. The van der Waals surface area contributed by atoms with E-state index in [1.165, 1.54) is 0 Å². The van der Waals surface area contributed by atoms with Crippen LogP contribution in [0.1, 0.15) is 0 Å². The lowest BCUT2D eigenvalue weighted by Crippen LogP contribution is -2.01. The van der Waals surface area contributed by atoms with Crippen LogP contribution in [0.3, 0.4) is 0 Å². The molecule has 0 aromatic rings. The van der Waals surface area contributed by atoms with E-state index in [9.17, 15) is 0 Å². The molecule has 0 aliphatic heterocycles. The predicted octanol–water partition coefficient (Wildman–Crippen LogP) is 1.33. The van der Waals surface area contributed by atoms with Crippen molar-refractivity contribution in [3.8, 4) is 0 Å². The molecule has 0 saturated heterocycles. The fourth-order valence-electron chi connectivity index (χ4n) is 0.167. The van der Waals surface area contributed by atoms with Crippen LogP contribution in [0.25, 0.3) is 0 Å². The molecule has 0 unspecified atom stereocenters. The monoisotopic (exact) mass is 119 g/mol. The summed E-state index contributed by atoms with van der Waals surface area (Å²) in [6, 6.07) is 0. The van der Waals surface area contributed by atoms with Crippen molar-refractivity contribution in [1.29, 1.82) is 0 Å². The highest BCUT2D eigenvalue weighted by molar-refractivity contribution is 5.85. The van der Waals surface area contributed by atoms with Gasteiger partial charge in [-0.1, -0.05) is 12.7 Å². The molecule has 0 aromatic heterocycles. The van der Waals surface area contributed by atoms with Crippen molar-refractivity contribution in [3.05, 3.63) is 25.4 Å². The summed E-state index contributed by atoms with van der Waals surface area (Å²) in [4.78, 5) is 0. The highest BCUT2D eigenvalue weighted by atomic mass is 35.5. The Hall–Kier alpha value is -0.430. The molecule has 7 heavy (non-hydrogen) atoms. The smallest absolute Gasteiger partial charge is 0.0322 e. The molecule has 42 valence electrons. The lowest BCUT2D eigenvalue weighted by atomic mass is 10.6. The summed E-state index contributed by atoms with van der Waals surface area (Å²) >= 11 is 0. The first-order chi connectivity index (χ1) is 2.91. The van der Waals surface area contributed by atoms with E-state index in [1.54, 1.807) is 12.3 Å². The minimum absolute atomic E-state index is 0. The van der Waals surface area contributed by atoms with Gasteiger partial charge >= 0.3 is 0 Å². The summed E-state index contributed by atoms with van der Waals surface area (Å²) in [6.45, 7) is 7.74. The molecule has 2 heteroatoms. The van der Waals surface area contributed by atoms with Gasteiger partial charge in [0.05, 0.1) is 0 Å². The largest absolute Gasteiger partial charge is 0.388 e. The van der Waals surface area contributed by atoms with Gasteiger partial charge in [-0.3, -0.25) is 0 Å². The summed E-state index contributed by atoms with van der Waals surface area (Å²) in [7, 11) is 0. The number of nitrogens with one attached hydrogen (secondary N) is 1. The van der Waals surface area contributed by atoms with E-state index in [2.05, 4.69) is 18.5 Å². The minimum Gasteiger partial charge on any atom is -0.388 e. The molecule has 0 spiro atoms. The SMILES string of the molecule is C=CCNC=C.Cl. The molecule has 0 saturated carbocycles. The van der Waals surface area contributed by atoms with Gasteiger partial charge in [-0.15, -0.1) is 19.0 Å². The van der Waals surface area contributed by atoms with Gasteiger partial charge in [0, 0.05) is 6.54 Å². The average Bonchev–Trinajstić information content (AvgIpc) is 1.61. The first-order valence-corrected chi connectivity index (χ1v) is 1.87. The van der Waals surface area contributed by atoms with Crippen LogP contribution < -0.4 is 5.32 Å². The van der Waals surface area contributed by atoms with Gasteiger partial charge in [0.25, 0.3) is 0 Å². The van der Waals surface area contributed by atoms with Crippen molar-refractivity contribution >= 4 is 12.4 Å². The van der Waals surface area contributed by atoms with Gasteiger partial charge in [0.1, 0.15) is 0 Å². The van der Waals surface area contributed by atoms with Crippen LogP contribution in [-0.4, -0.2) is 6.54 Å². The maximum absolute atomic E-state index is 3.49. The maximum Gasteiger partial charge on any atom is 0.0322 e. The van der Waals surface area contributed by atoms with Gasteiger partial charge in [0.15, 0.2) is 0 Å². The van der Waals surface area contributed by atoms with Crippen molar-refractivity contribution in [2.24, 2.45) is 0 Å². The normalized spacial score (nSPS) is 5.71. The van der Waals surface area contributed by atoms with Crippen molar-refractivity contribution in [1.82, 2.24) is 5.32 Å². The topological polar surface area (TPSA) is 12.0 Å². The summed E-state index contributed by atoms with van der Waals surface area (Å²) in [6.07, 6.45) is 3.42. The molecule has 0 atom stereocenters. The molecule has 0 heterocycles. The Bertz CT molecular complexity index is 44.0. The molecule has 1 N–H and O–H groups in total. The first kappa shape index (κ1) is 9.76. The van der Waals surface area contributed by atoms with E-state index >= 15 is 0 Å². The number of hydrogen-bond acceptors (Lipinski definition) is 1. The molecular formula is C5H10ClN. The molecule has 1 nitrogen and oxygen atoms in total. The van der Waals surface area contributed by atoms with E-state index in [0.29, 0.717) is 0 Å². The zero-order chi connectivity index (χ0) is 4.83. The van der Waals surface area contributed by atoms with Crippen molar-refractivity contribution in [2.75, 3.05) is 6.54 Å². The molecule has 0 radical (unpaired) electrons. The average molecular weight is 120 g/mol. The Morgan fingerprint density at radius 3 is 2.14 bits per heavy atom. The van der Waals surface area contributed by atoms with Crippen molar-refractivity contribution in [3.63, 3.8) is 0 Å². The number of halogens is 1. The molecule has 0 aromatic carbocycles. The van der Waals surface area contributed by atoms with E-state index in [0.717, 1.165) is 6.54 Å². The van der Waals surface area contributed by atoms with Crippen molar-refractivity contribution in [2.45, 2.75) is 0 Å². The molecule has 0 amide bonds. The third kappa shape index (κ3) is 10.7. The first-order valence-electron chi connectivity index (χ1n) is 1.87. The van der Waals surface area contributed by atoms with Gasteiger partial charge in [-0.05, 0) is 6.20 Å². The molecule has 0 rings (SSSR count). The van der Waals surface area contributed by atoms with Crippen LogP contribution in [0.2, 0.25) is 0 Å². The molecular weight excluding hydrogens is 110 g/mol. The zero-order valence-electron chi connectivity index (χ0n) is 4.18. The van der Waals surface area contributed by atoms with E-state index in [4.69, 9.17) is 0 Å². The zero-order valence-corrected chi connectivity index (χ0v) is 5.00. The van der Waals surface area contributed by atoms with E-state index in [1.807, 2.05) is 0 Å². The van der Waals surface area contributed by atoms with Crippen LogP contribution in [0.4, 0.5) is 0 Å². The van der Waals surface area contributed by atoms with Gasteiger partial charge in [0.2, 0.25) is 0 Å². The lowest BCUT2D eigenvalue weighted by molar-refractivity contribution is 0.992. The van der Waals surface area contributed by atoms with Crippen LogP contribution in [0, 0.1) is 0 Å². The predicted molar refractivity (Wildman–Crippen MR) is 35.6 cm³/mol. The standard InChI is InChI=1S/C5H9N.ClH/c1-3-5-6-4-2;/h3-4,6H,1-2,5H2;1H. The number of rotatable bonds is 3. The van der Waals surface area contributed by atoms with E-state index < -0.39 is 0 Å². The van der Waals surface area contributed by atoms with Gasteiger partial charge in [-0.25, -0.2) is 0 Å². The summed E-state index contributed by atoms with van der Waals surface area (Å²) in [5.41, 5.74) is 0. The van der Waals surface area contributed by atoms with Gasteiger partial charge in [-0.2, -0.15) is 0 Å². The third-order valence-corrected chi connectivity index (χ3v) is 0.407.